The number of hydrogen-bond donors (Lipinski definition) is 4. The number of carbonyl (C=O) groups excluding carboxylic acids is 3. The first-order chi connectivity index (χ1) is 27.5. The SMILES string of the molecule is NNC(=O)C(CSC(c1ccccc1)c1ccccc1)NC(=O)C(CSC(c1ccccc1)(c1ccccc1)c1ccccc1)NC(=O)OCc1ccccc1. The van der Waals surface area contributed by atoms with Gasteiger partial charge in [0.25, 0.3) is 5.91 Å². The van der Waals surface area contributed by atoms with E-state index in [2.05, 4.69) is 52.5 Å². The van der Waals surface area contributed by atoms with E-state index in [4.69, 9.17) is 10.6 Å². The minimum Gasteiger partial charge on any atom is -0.445 e. The van der Waals surface area contributed by atoms with Gasteiger partial charge in [-0.25, -0.2) is 10.6 Å². The lowest BCUT2D eigenvalue weighted by Crippen LogP contribution is -2.56. The second kappa shape index (κ2) is 20.2. The van der Waals surface area contributed by atoms with Crippen molar-refractivity contribution in [3.63, 3.8) is 0 Å². The molecule has 2 unspecified atom stereocenters. The highest BCUT2D eigenvalue weighted by molar-refractivity contribution is 8.00. The summed E-state index contributed by atoms with van der Waals surface area (Å²) in [5.41, 5.74) is 8.13. The third kappa shape index (κ3) is 10.3. The number of hydrogen-bond acceptors (Lipinski definition) is 7. The zero-order chi connectivity index (χ0) is 39.0. The molecule has 0 aliphatic rings. The van der Waals surface area contributed by atoms with Gasteiger partial charge >= 0.3 is 6.09 Å². The fraction of sp³-hybridized carbons (Fsp3) is 0.152. The molecule has 8 nitrogen and oxygen atoms in total. The highest BCUT2D eigenvalue weighted by atomic mass is 32.2. The van der Waals surface area contributed by atoms with Crippen LogP contribution in [0, 0.1) is 0 Å². The summed E-state index contributed by atoms with van der Waals surface area (Å²) in [6.07, 6.45) is -0.762. The number of nitrogens with two attached hydrogens (primary N) is 1. The highest BCUT2D eigenvalue weighted by Gasteiger charge is 2.39. The molecular weight excluding hydrogens is 737 g/mol. The lowest BCUT2D eigenvalue weighted by Gasteiger charge is -2.36. The smallest absolute Gasteiger partial charge is 0.408 e. The van der Waals surface area contributed by atoms with Gasteiger partial charge in [0.15, 0.2) is 0 Å². The number of hydrazine groups is 1. The van der Waals surface area contributed by atoms with Gasteiger partial charge in [0, 0.05) is 11.5 Å². The topological polar surface area (TPSA) is 123 Å². The van der Waals surface area contributed by atoms with Crippen molar-refractivity contribution in [1.82, 2.24) is 16.1 Å². The molecule has 10 heteroatoms. The molecule has 0 aliphatic carbocycles. The number of nitrogens with one attached hydrogen (secondary N) is 3. The average molecular weight is 781 g/mol. The minimum atomic E-state index is -1.11. The van der Waals surface area contributed by atoms with Crippen LogP contribution < -0.4 is 21.9 Å². The van der Waals surface area contributed by atoms with Crippen LogP contribution in [0.4, 0.5) is 4.79 Å². The molecule has 56 heavy (non-hydrogen) atoms. The van der Waals surface area contributed by atoms with E-state index in [9.17, 15) is 14.4 Å². The second-order valence-corrected chi connectivity index (χ2v) is 15.3. The van der Waals surface area contributed by atoms with Crippen molar-refractivity contribution in [3.05, 3.63) is 215 Å². The van der Waals surface area contributed by atoms with E-state index in [0.717, 1.165) is 33.4 Å². The van der Waals surface area contributed by atoms with Gasteiger partial charge in [-0.05, 0) is 33.4 Å². The Balaban J connectivity index is 1.30. The molecule has 0 aromatic heterocycles. The van der Waals surface area contributed by atoms with E-state index >= 15 is 0 Å². The van der Waals surface area contributed by atoms with Gasteiger partial charge in [0.2, 0.25) is 5.91 Å². The van der Waals surface area contributed by atoms with Crippen LogP contribution in [0.3, 0.4) is 0 Å². The number of amides is 3. The number of alkyl carbamates (subject to hydrolysis) is 1. The van der Waals surface area contributed by atoms with Crippen molar-refractivity contribution in [2.75, 3.05) is 11.5 Å². The summed E-state index contributed by atoms with van der Waals surface area (Å²) in [6.45, 7) is 0.0192. The summed E-state index contributed by atoms with van der Waals surface area (Å²) in [4.78, 5) is 41.2. The molecule has 0 saturated heterocycles. The van der Waals surface area contributed by atoms with Gasteiger partial charge in [0.05, 0.1) is 10.00 Å². The molecule has 0 radical (unpaired) electrons. The fourth-order valence-electron chi connectivity index (χ4n) is 6.46. The minimum absolute atomic E-state index is 0.0192. The normalized spacial score (nSPS) is 12.2. The molecule has 5 N–H and O–H groups in total. The number of thioether (sulfide) groups is 2. The number of carbonyl (C=O) groups is 3. The number of rotatable bonds is 17. The fourth-order valence-corrected chi connectivity index (χ4v) is 9.33. The maximum atomic E-state index is 14.5. The maximum absolute atomic E-state index is 14.5. The molecule has 3 amide bonds. The first-order valence-corrected chi connectivity index (χ1v) is 20.3. The largest absolute Gasteiger partial charge is 0.445 e. The Morgan fingerprint density at radius 1 is 0.536 bits per heavy atom. The van der Waals surface area contributed by atoms with Crippen LogP contribution in [-0.2, 0) is 25.7 Å². The zero-order valence-corrected chi connectivity index (χ0v) is 32.3. The Hall–Kier alpha value is -5.81. The standard InChI is InChI=1S/C46H44N4O4S2/c47-50-44(52)40(32-55-42(35-21-9-2-10-22-35)36-23-11-3-12-24-36)48-43(51)41(49-45(53)54-31-34-19-7-1-8-20-34)33-56-46(37-25-13-4-14-26-37,38-27-15-5-16-28-38)39-29-17-6-18-30-39/h1-30,40-42H,31-33,47H2,(H,48,51)(H,49,53)(H,50,52). The number of ether oxygens (including phenoxy) is 1. The summed E-state index contributed by atoms with van der Waals surface area (Å²) in [6, 6.07) is 57.4. The summed E-state index contributed by atoms with van der Waals surface area (Å²) < 4.78 is 4.83. The summed E-state index contributed by atoms with van der Waals surface area (Å²) >= 11 is 3.03. The molecule has 0 bridgehead atoms. The van der Waals surface area contributed by atoms with Crippen LogP contribution in [0.25, 0.3) is 0 Å². The van der Waals surface area contributed by atoms with Crippen molar-refractivity contribution in [2.45, 2.75) is 28.7 Å². The quantitative estimate of drug-likeness (QED) is 0.0320. The summed E-state index contributed by atoms with van der Waals surface area (Å²) in [7, 11) is 0. The summed E-state index contributed by atoms with van der Waals surface area (Å²) in [5.74, 6) is 4.89. The molecule has 0 aliphatic heterocycles. The molecular formula is C46H44N4O4S2. The van der Waals surface area contributed by atoms with Gasteiger partial charge in [-0.2, -0.15) is 0 Å². The molecule has 0 saturated carbocycles. The van der Waals surface area contributed by atoms with Crippen LogP contribution in [0.1, 0.15) is 38.6 Å². The molecule has 0 spiro atoms. The van der Waals surface area contributed by atoms with E-state index in [-0.39, 0.29) is 23.4 Å². The van der Waals surface area contributed by atoms with Crippen molar-refractivity contribution < 1.29 is 19.1 Å². The third-order valence-electron chi connectivity index (χ3n) is 9.24. The predicted octanol–water partition coefficient (Wildman–Crippen LogP) is 8.00. The van der Waals surface area contributed by atoms with Gasteiger partial charge < -0.3 is 15.4 Å². The van der Waals surface area contributed by atoms with Crippen molar-refractivity contribution in [1.29, 1.82) is 0 Å². The Kier molecular flexibility index (Phi) is 14.4. The van der Waals surface area contributed by atoms with Gasteiger partial charge in [-0.3, -0.25) is 15.0 Å². The van der Waals surface area contributed by atoms with E-state index in [0.29, 0.717) is 0 Å². The van der Waals surface area contributed by atoms with Gasteiger partial charge in [-0.1, -0.05) is 182 Å². The van der Waals surface area contributed by atoms with Crippen LogP contribution >= 0.6 is 23.5 Å². The van der Waals surface area contributed by atoms with Crippen molar-refractivity contribution >= 4 is 41.4 Å². The van der Waals surface area contributed by atoms with Crippen LogP contribution in [0.15, 0.2) is 182 Å². The maximum Gasteiger partial charge on any atom is 0.408 e. The Labute approximate surface area is 336 Å². The van der Waals surface area contributed by atoms with Crippen molar-refractivity contribution in [2.24, 2.45) is 5.84 Å². The second-order valence-electron chi connectivity index (χ2n) is 13.0. The lowest BCUT2D eigenvalue weighted by molar-refractivity contribution is -0.129. The molecule has 6 aromatic rings. The third-order valence-corrected chi connectivity index (χ3v) is 12.3. The molecule has 0 heterocycles. The van der Waals surface area contributed by atoms with Gasteiger partial charge in [-0.15, -0.1) is 23.5 Å². The Bertz CT molecular complexity index is 1980. The molecule has 6 rings (SSSR count). The van der Waals surface area contributed by atoms with E-state index in [1.165, 1.54) is 23.5 Å². The molecule has 0 fully saturated rings. The van der Waals surface area contributed by atoms with Gasteiger partial charge in [0.1, 0.15) is 18.7 Å². The van der Waals surface area contributed by atoms with E-state index < -0.39 is 34.7 Å². The van der Waals surface area contributed by atoms with Crippen LogP contribution in [0.2, 0.25) is 0 Å². The Morgan fingerprint density at radius 2 is 0.946 bits per heavy atom. The first-order valence-electron chi connectivity index (χ1n) is 18.3. The number of benzene rings is 6. The lowest BCUT2D eigenvalue weighted by atomic mass is 9.84. The predicted molar refractivity (Wildman–Crippen MR) is 227 cm³/mol. The van der Waals surface area contributed by atoms with Crippen LogP contribution in [-0.4, -0.2) is 41.5 Å². The van der Waals surface area contributed by atoms with Crippen molar-refractivity contribution in [3.8, 4) is 0 Å². The molecule has 2 atom stereocenters. The van der Waals surface area contributed by atoms with Crippen LogP contribution in [0.5, 0.6) is 0 Å². The highest BCUT2D eigenvalue weighted by Crippen LogP contribution is 2.48. The van der Waals surface area contributed by atoms with E-state index in [1.807, 2.05) is 146 Å². The summed E-state index contributed by atoms with van der Waals surface area (Å²) in [5, 5.41) is 5.63. The average Bonchev–Trinajstić information content (AvgIpc) is 3.27. The molecule has 284 valence electrons. The zero-order valence-electron chi connectivity index (χ0n) is 30.7. The first kappa shape index (κ1) is 39.9. The monoisotopic (exact) mass is 780 g/mol. The molecule has 6 aromatic carbocycles. The Morgan fingerprint density at radius 3 is 1.39 bits per heavy atom. The van der Waals surface area contributed by atoms with E-state index in [1.54, 1.807) is 0 Å².